The van der Waals surface area contributed by atoms with E-state index in [0.717, 1.165) is 5.56 Å². The van der Waals surface area contributed by atoms with Gasteiger partial charge < -0.3 is 10.4 Å². The molecule has 1 atom stereocenters. The van der Waals surface area contributed by atoms with E-state index in [4.69, 9.17) is 5.11 Å². The molecule has 0 saturated carbocycles. The van der Waals surface area contributed by atoms with Gasteiger partial charge >= 0.3 is 5.97 Å². The summed E-state index contributed by atoms with van der Waals surface area (Å²) in [6.45, 7) is 3.32. The zero-order valence-electron chi connectivity index (χ0n) is 11.1. The number of aryl methyl sites for hydroxylation is 2. The number of rotatable bonds is 6. The number of carbonyl (C=O) groups excluding carboxylic acids is 1. The highest BCUT2D eigenvalue weighted by molar-refractivity contribution is 5.77. The molecule has 0 fully saturated rings. The number of nitrogens with one attached hydrogen (secondary N) is 1. The third kappa shape index (κ3) is 5.50. The van der Waals surface area contributed by atoms with Gasteiger partial charge in [-0.3, -0.25) is 9.59 Å². The van der Waals surface area contributed by atoms with Crippen molar-refractivity contribution in [2.45, 2.75) is 39.2 Å². The van der Waals surface area contributed by atoms with Crippen LogP contribution in [0.3, 0.4) is 0 Å². The lowest BCUT2D eigenvalue weighted by molar-refractivity contribution is -0.137. The van der Waals surface area contributed by atoms with Gasteiger partial charge in [-0.1, -0.05) is 12.1 Å². The first kappa shape index (κ1) is 15.1. The third-order valence-corrected chi connectivity index (χ3v) is 2.75. The SMILES string of the molecule is Cc1cc(CCC(=O)NC(C)CC(=O)O)ccc1F. The second-order valence-electron chi connectivity index (χ2n) is 4.65. The lowest BCUT2D eigenvalue weighted by Gasteiger charge is -2.11. The minimum Gasteiger partial charge on any atom is -0.481 e. The quantitative estimate of drug-likeness (QED) is 0.829. The molecular formula is C14H18FNO3. The molecule has 1 aromatic carbocycles. The van der Waals surface area contributed by atoms with Gasteiger partial charge in [0.1, 0.15) is 5.82 Å². The number of aliphatic carboxylic acids is 1. The van der Waals surface area contributed by atoms with Crippen molar-refractivity contribution in [3.63, 3.8) is 0 Å². The summed E-state index contributed by atoms with van der Waals surface area (Å²) in [6.07, 6.45) is 0.670. The molecule has 0 aromatic heterocycles. The van der Waals surface area contributed by atoms with Gasteiger partial charge in [-0.2, -0.15) is 0 Å². The van der Waals surface area contributed by atoms with E-state index in [1.54, 1.807) is 26.0 Å². The topological polar surface area (TPSA) is 66.4 Å². The number of halogens is 1. The maximum Gasteiger partial charge on any atom is 0.305 e. The van der Waals surface area contributed by atoms with E-state index in [9.17, 15) is 14.0 Å². The van der Waals surface area contributed by atoms with Gasteiger partial charge in [-0.05, 0) is 37.5 Å². The number of carboxylic acids is 1. The molecule has 0 heterocycles. The number of hydrogen-bond donors (Lipinski definition) is 2. The summed E-state index contributed by atoms with van der Waals surface area (Å²) in [6, 6.07) is 4.36. The number of hydrogen-bond acceptors (Lipinski definition) is 2. The van der Waals surface area contributed by atoms with E-state index in [2.05, 4.69) is 5.32 Å². The summed E-state index contributed by atoms with van der Waals surface area (Å²) in [4.78, 5) is 22.0. The molecule has 5 heteroatoms. The Hall–Kier alpha value is -1.91. The van der Waals surface area contributed by atoms with Crippen LogP contribution in [0.4, 0.5) is 4.39 Å². The van der Waals surface area contributed by atoms with Crippen LogP contribution in [0.25, 0.3) is 0 Å². The van der Waals surface area contributed by atoms with Crippen molar-refractivity contribution in [2.75, 3.05) is 0 Å². The highest BCUT2D eigenvalue weighted by Gasteiger charge is 2.11. The van der Waals surface area contributed by atoms with Gasteiger partial charge in [0, 0.05) is 12.5 Å². The maximum atomic E-state index is 13.1. The molecule has 2 N–H and O–H groups in total. The molecule has 0 aliphatic rings. The molecule has 1 amide bonds. The monoisotopic (exact) mass is 267 g/mol. The Kier molecular flexibility index (Phi) is 5.48. The summed E-state index contributed by atoms with van der Waals surface area (Å²) in [7, 11) is 0. The lowest BCUT2D eigenvalue weighted by Crippen LogP contribution is -2.34. The molecule has 1 rings (SSSR count). The van der Waals surface area contributed by atoms with Crippen LogP contribution < -0.4 is 5.32 Å². The van der Waals surface area contributed by atoms with Gasteiger partial charge in [0.25, 0.3) is 0 Å². The van der Waals surface area contributed by atoms with Gasteiger partial charge in [-0.25, -0.2) is 4.39 Å². The molecule has 0 aliphatic carbocycles. The fraction of sp³-hybridized carbons (Fsp3) is 0.429. The lowest BCUT2D eigenvalue weighted by atomic mass is 10.1. The minimum atomic E-state index is -0.943. The Labute approximate surface area is 111 Å². The first-order chi connectivity index (χ1) is 8.88. The first-order valence-electron chi connectivity index (χ1n) is 6.14. The molecule has 19 heavy (non-hydrogen) atoms. The molecule has 0 radical (unpaired) electrons. The second-order valence-corrected chi connectivity index (χ2v) is 4.65. The molecule has 0 bridgehead atoms. The van der Waals surface area contributed by atoms with E-state index in [0.29, 0.717) is 12.0 Å². The van der Waals surface area contributed by atoms with Crippen LogP contribution in [-0.2, 0) is 16.0 Å². The molecule has 1 unspecified atom stereocenters. The number of amides is 1. The average Bonchev–Trinajstić information content (AvgIpc) is 2.29. The Balaban J connectivity index is 2.41. The van der Waals surface area contributed by atoms with Crippen LogP contribution in [0.2, 0.25) is 0 Å². The average molecular weight is 267 g/mol. The van der Waals surface area contributed by atoms with E-state index < -0.39 is 5.97 Å². The van der Waals surface area contributed by atoms with Crippen molar-refractivity contribution >= 4 is 11.9 Å². The fourth-order valence-electron chi connectivity index (χ4n) is 1.78. The van der Waals surface area contributed by atoms with Crippen LogP contribution in [0.15, 0.2) is 18.2 Å². The van der Waals surface area contributed by atoms with Crippen LogP contribution in [0, 0.1) is 12.7 Å². The normalized spacial score (nSPS) is 11.9. The number of benzene rings is 1. The smallest absolute Gasteiger partial charge is 0.305 e. The standard InChI is InChI=1S/C14H18FNO3/c1-9-7-11(3-5-12(9)15)4-6-13(17)16-10(2)8-14(18)19/h3,5,7,10H,4,6,8H2,1-2H3,(H,16,17)(H,18,19). The zero-order chi connectivity index (χ0) is 14.4. The van der Waals surface area contributed by atoms with Crippen molar-refractivity contribution < 1.29 is 19.1 Å². The molecule has 4 nitrogen and oxygen atoms in total. The Morgan fingerprint density at radius 2 is 2.11 bits per heavy atom. The molecule has 1 aromatic rings. The van der Waals surface area contributed by atoms with Crippen LogP contribution in [0.5, 0.6) is 0 Å². The maximum absolute atomic E-state index is 13.1. The molecule has 0 saturated heterocycles. The Morgan fingerprint density at radius 1 is 1.42 bits per heavy atom. The van der Waals surface area contributed by atoms with Crippen molar-refractivity contribution in [1.82, 2.24) is 5.32 Å². The van der Waals surface area contributed by atoms with Crippen LogP contribution >= 0.6 is 0 Å². The van der Waals surface area contributed by atoms with Crippen molar-refractivity contribution in [3.8, 4) is 0 Å². The molecule has 0 aliphatic heterocycles. The molecular weight excluding hydrogens is 249 g/mol. The summed E-state index contributed by atoms with van der Waals surface area (Å²) in [5.41, 5.74) is 1.44. The first-order valence-corrected chi connectivity index (χ1v) is 6.14. The van der Waals surface area contributed by atoms with Crippen molar-refractivity contribution in [1.29, 1.82) is 0 Å². The second kappa shape index (κ2) is 6.87. The molecule has 0 spiro atoms. The Bertz CT molecular complexity index is 474. The largest absolute Gasteiger partial charge is 0.481 e. The minimum absolute atomic E-state index is 0.0958. The number of carbonyl (C=O) groups is 2. The van der Waals surface area contributed by atoms with Crippen LogP contribution in [-0.4, -0.2) is 23.0 Å². The van der Waals surface area contributed by atoms with Gasteiger partial charge in [-0.15, -0.1) is 0 Å². The summed E-state index contributed by atoms with van der Waals surface area (Å²) in [5, 5.41) is 11.2. The van der Waals surface area contributed by atoms with E-state index in [1.165, 1.54) is 6.07 Å². The predicted octanol–water partition coefficient (Wildman–Crippen LogP) is 2.05. The van der Waals surface area contributed by atoms with Crippen LogP contribution in [0.1, 0.15) is 30.9 Å². The van der Waals surface area contributed by atoms with E-state index in [1.807, 2.05) is 0 Å². The molecule has 104 valence electrons. The van der Waals surface area contributed by atoms with Gasteiger partial charge in [0.2, 0.25) is 5.91 Å². The summed E-state index contributed by atoms with van der Waals surface area (Å²) < 4.78 is 13.1. The third-order valence-electron chi connectivity index (χ3n) is 2.75. The van der Waals surface area contributed by atoms with Gasteiger partial charge in [0.15, 0.2) is 0 Å². The summed E-state index contributed by atoms with van der Waals surface area (Å²) in [5.74, 6) is -1.40. The zero-order valence-corrected chi connectivity index (χ0v) is 11.1. The number of carboxylic acid groups (broad SMARTS) is 1. The van der Waals surface area contributed by atoms with E-state index in [-0.39, 0.29) is 30.6 Å². The van der Waals surface area contributed by atoms with Crippen molar-refractivity contribution in [2.24, 2.45) is 0 Å². The van der Waals surface area contributed by atoms with E-state index >= 15 is 0 Å². The Morgan fingerprint density at radius 3 is 2.68 bits per heavy atom. The summed E-state index contributed by atoms with van der Waals surface area (Å²) >= 11 is 0. The predicted molar refractivity (Wildman–Crippen MR) is 69.3 cm³/mol. The highest BCUT2D eigenvalue weighted by atomic mass is 19.1. The van der Waals surface area contributed by atoms with Gasteiger partial charge in [0.05, 0.1) is 6.42 Å². The fourth-order valence-corrected chi connectivity index (χ4v) is 1.78. The highest BCUT2D eigenvalue weighted by Crippen LogP contribution is 2.11. The van der Waals surface area contributed by atoms with Crippen molar-refractivity contribution in [3.05, 3.63) is 35.1 Å².